The minimum absolute atomic E-state index is 0.0457. The number of ether oxygens (including phenoxy) is 1. The van der Waals surface area contributed by atoms with Gasteiger partial charge in [-0.05, 0) is 36.8 Å². The van der Waals surface area contributed by atoms with E-state index in [9.17, 15) is 27.9 Å². The van der Waals surface area contributed by atoms with Crippen molar-refractivity contribution in [3.05, 3.63) is 65.2 Å². The first-order valence-electron chi connectivity index (χ1n) is 8.75. The van der Waals surface area contributed by atoms with Gasteiger partial charge in [0.05, 0.1) is 12.1 Å². The Morgan fingerprint density at radius 1 is 1.10 bits per heavy atom. The first kappa shape index (κ1) is 22.2. The number of nitrogens with one attached hydrogen (secondary N) is 2. The smallest absolute Gasteiger partial charge is 0.416 e. The van der Waals surface area contributed by atoms with Crippen LogP contribution in [0.5, 0.6) is 5.75 Å². The molecule has 29 heavy (non-hydrogen) atoms. The Morgan fingerprint density at radius 2 is 1.83 bits per heavy atom. The zero-order valence-corrected chi connectivity index (χ0v) is 15.6. The van der Waals surface area contributed by atoms with E-state index in [0.29, 0.717) is 5.56 Å². The number of carbonyl (C=O) groups is 2. The third-order valence-electron chi connectivity index (χ3n) is 3.94. The molecular weight excluding hydrogens is 389 g/mol. The maximum Gasteiger partial charge on any atom is 0.416 e. The van der Waals surface area contributed by atoms with Gasteiger partial charge in [-0.25, -0.2) is 0 Å². The number of aliphatic hydroxyl groups excluding tert-OH is 1. The minimum atomic E-state index is -4.49. The molecule has 0 aliphatic heterocycles. The van der Waals surface area contributed by atoms with Crippen LogP contribution in [0.2, 0.25) is 0 Å². The van der Waals surface area contributed by atoms with Crippen molar-refractivity contribution in [1.82, 2.24) is 10.6 Å². The van der Waals surface area contributed by atoms with Crippen LogP contribution >= 0.6 is 0 Å². The molecule has 0 radical (unpaired) electrons. The first-order valence-corrected chi connectivity index (χ1v) is 8.75. The predicted octanol–water partition coefficient (Wildman–Crippen LogP) is 2.30. The lowest BCUT2D eigenvalue weighted by Crippen LogP contribution is -2.41. The first-order chi connectivity index (χ1) is 13.7. The quantitative estimate of drug-likeness (QED) is 0.623. The summed E-state index contributed by atoms with van der Waals surface area (Å²) in [6.45, 7) is 0.999. The number of amides is 2. The lowest BCUT2D eigenvalue weighted by atomic mass is 10.1. The van der Waals surface area contributed by atoms with Gasteiger partial charge in [0.25, 0.3) is 5.91 Å². The Kier molecular flexibility index (Phi) is 7.60. The number of aryl methyl sites for hydroxylation is 1. The summed E-state index contributed by atoms with van der Waals surface area (Å²) in [5, 5.41) is 14.7. The molecule has 1 unspecified atom stereocenters. The van der Waals surface area contributed by atoms with Crippen molar-refractivity contribution < 1.29 is 32.6 Å². The van der Waals surface area contributed by atoms with E-state index in [2.05, 4.69) is 10.6 Å². The van der Waals surface area contributed by atoms with E-state index in [0.717, 1.165) is 17.7 Å². The fourth-order valence-corrected chi connectivity index (χ4v) is 2.39. The molecule has 0 spiro atoms. The van der Waals surface area contributed by atoms with Crippen LogP contribution in [0.3, 0.4) is 0 Å². The van der Waals surface area contributed by atoms with Crippen molar-refractivity contribution in [3.8, 4) is 5.75 Å². The van der Waals surface area contributed by atoms with E-state index in [-0.39, 0.29) is 25.4 Å². The van der Waals surface area contributed by atoms with Crippen LogP contribution < -0.4 is 15.4 Å². The van der Waals surface area contributed by atoms with E-state index in [1.165, 1.54) is 12.1 Å². The van der Waals surface area contributed by atoms with Gasteiger partial charge in [0.15, 0.2) is 0 Å². The summed E-state index contributed by atoms with van der Waals surface area (Å²) in [4.78, 5) is 23.8. The molecule has 3 N–H and O–H groups in total. The van der Waals surface area contributed by atoms with Gasteiger partial charge >= 0.3 is 6.18 Å². The normalized spacial score (nSPS) is 12.2. The molecule has 0 aliphatic carbocycles. The molecule has 0 saturated carbocycles. The summed E-state index contributed by atoms with van der Waals surface area (Å²) in [5.41, 5.74) is 0.365. The average Bonchev–Trinajstić information content (AvgIpc) is 2.68. The molecule has 6 nitrogen and oxygen atoms in total. The molecule has 0 aliphatic rings. The van der Waals surface area contributed by atoms with Crippen LogP contribution in [0.25, 0.3) is 0 Å². The molecule has 9 heteroatoms. The number of halogens is 3. The van der Waals surface area contributed by atoms with Crippen LogP contribution in [-0.4, -0.2) is 42.7 Å². The van der Waals surface area contributed by atoms with E-state index >= 15 is 0 Å². The maximum absolute atomic E-state index is 12.7. The molecule has 0 fully saturated rings. The van der Waals surface area contributed by atoms with E-state index in [1.54, 1.807) is 31.2 Å². The van der Waals surface area contributed by atoms with Crippen LogP contribution in [0.15, 0.2) is 48.5 Å². The molecule has 0 saturated heterocycles. The van der Waals surface area contributed by atoms with Gasteiger partial charge < -0.3 is 20.5 Å². The largest absolute Gasteiger partial charge is 0.491 e. The zero-order chi connectivity index (χ0) is 21.4. The summed E-state index contributed by atoms with van der Waals surface area (Å²) in [7, 11) is 0. The van der Waals surface area contributed by atoms with E-state index < -0.39 is 29.7 Å². The number of carbonyl (C=O) groups excluding carboxylic acids is 2. The van der Waals surface area contributed by atoms with Gasteiger partial charge in [-0.3, -0.25) is 9.59 Å². The summed E-state index contributed by atoms with van der Waals surface area (Å²) in [6, 6.07) is 11.2. The zero-order valence-electron chi connectivity index (χ0n) is 15.6. The summed E-state index contributed by atoms with van der Waals surface area (Å²) < 4.78 is 43.1. The Morgan fingerprint density at radius 3 is 2.52 bits per heavy atom. The molecule has 0 heterocycles. The van der Waals surface area contributed by atoms with Crippen molar-refractivity contribution in [2.45, 2.75) is 19.2 Å². The summed E-state index contributed by atoms with van der Waals surface area (Å²) in [6.07, 6.45) is -5.63. The Hall–Kier alpha value is -3.07. The van der Waals surface area contributed by atoms with Crippen molar-refractivity contribution in [1.29, 1.82) is 0 Å². The van der Waals surface area contributed by atoms with Gasteiger partial charge in [-0.1, -0.05) is 24.3 Å². The molecule has 0 aromatic heterocycles. The number of rotatable bonds is 8. The third kappa shape index (κ3) is 7.11. The molecule has 2 amide bonds. The number of aliphatic hydroxyl groups is 1. The van der Waals surface area contributed by atoms with Gasteiger partial charge in [0.1, 0.15) is 18.5 Å². The van der Waals surface area contributed by atoms with Gasteiger partial charge in [-0.15, -0.1) is 0 Å². The Bertz CT molecular complexity index is 856. The molecule has 1 atom stereocenters. The second kappa shape index (κ2) is 9.92. The Labute approximate surface area is 165 Å². The Balaban J connectivity index is 1.72. The topological polar surface area (TPSA) is 87.7 Å². The average molecular weight is 410 g/mol. The molecule has 2 aromatic carbocycles. The summed E-state index contributed by atoms with van der Waals surface area (Å²) >= 11 is 0. The monoisotopic (exact) mass is 410 g/mol. The summed E-state index contributed by atoms with van der Waals surface area (Å²) in [5.74, 6) is -0.965. The van der Waals surface area contributed by atoms with Crippen LogP contribution in [0.1, 0.15) is 21.5 Å². The number of hydrogen-bond acceptors (Lipinski definition) is 4. The fraction of sp³-hybridized carbons (Fsp3) is 0.300. The van der Waals surface area contributed by atoms with Gasteiger partial charge in [-0.2, -0.15) is 13.2 Å². The van der Waals surface area contributed by atoms with E-state index in [4.69, 9.17) is 4.74 Å². The highest BCUT2D eigenvalue weighted by Crippen LogP contribution is 2.31. The molecule has 0 bridgehead atoms. The van der Waals surface area contributed by atoms with Crippen molar-refractivity contribution in [2.75, 3.05) is 19.7 Å². The highest BCUT2D eigenvalue weighted by atomic mass is 19.4. The van der Waals surface area contributed by atoms with Gasteiger partial charge in [0, 0.05) is 12.1 Å². The number of hydrogen-bond donors (Lipinski definition) is 3. The van der Waals surface area contributed by atoms with E-state index in [1.807, 2.05) is 0 Å². The van der Waals surface area contributed by atoms with Crippen LogP contribution in [-0.2, 0) is 11.0 Å². The van der Waals surface area contributed by atoms with Crippen molar-refractivity contribution >= 4 is 11.8 Å². The molecule has 156 valence electrons. The molecule has 2 aromatic rings. The second-order valence-corrected chi connectivity index (χ2v) is 6.29. The maximum atomic E-state index is 12.7. The van der Waals surface area contributed by atoms with Gasteiger partial charge in [0.2, 0.25) is 5.91 Å². The SMILES string of the molecule is Cc1ccccc1C(=O)NCC(=O)NCC(O)COc1cccc(C(F)(F)F)c1. The fourth-order valence-electron chi connectivity index (χ4n) is 2.39. The lowest BCUT2D eigenvalue weighted by molar-refractivity contribution is -0.137. The standard InChI is InChI=1S/C20H21F3N2O4/c1-13-5-2-3-8-17(13)19(28)25-11-18(27)24-10-15(26)12-29-16-7-4-6-14(9-16)20(21,22)23/h2-9,15,26H,10-12H2,1H3,(H,24,27)(H,25,28). The minimum Gasteiger partial charge on any atom is -0.491 e. The van der Waals surface area contributed by atoms with Crippen LogP contribution in [0, 0.1) is 6.92 Å². The number of benzene rings is 2. The predicted molar refractivity (Wildman–Crippen MR) is 99.5 cm³/mol. The van der Waals surface area contributed by atoms with Crippen molar-refractivity contribution in [3.63, 3.8) is 0 Å². The lowest BCUT2D eigenvalue weighted by Gasteiger charge is -2.15. The highest BCUT2D eigenvalue weighted by Gasteiger charge is 2.30. The highest BCUT2D eigenvalue weighted by molar-refractivity contribution is 5.97. The van der Waals surface area contributed by atoms with Crippen molar-refractivity contribution in [2.24, 2.45) is 0 Å². The number of alkyl halides is 3. The molecular formula is C20H21F3N2O4. The molecule has 2 rings (SSSR count). The second-order valence-electron chi connectivity index (χ2n) is 6.29. The third-order valence-corrected chi connectivity index (χ3v) is 3.94. The van der Waals surface area contributed by atoms with Crippen LogP contribution in [0.4, 0.5) is 13.2 Å².